The summed E-state index contributed by atoms with van der Waals surface area (Å²) < 4.78 is 5.22. The number of ether oxygens (including phenoxy) is 1. The lowest BCUT2D eigenvalue weighted by Gasteiger charge is -2.12. The van der Waals surface area contributed by atoms with Crippen LogP contribution in [0.2, 0.25) is 0 Å². The molecule has 1 aliphatic carbocycles. The minimum absolute atomic E-state index is 0.0711. The van der Waals surface area contributed by atoms with E-state index < -0.39 is 12.1 Å². The molecule has 2 aromatic rings. The number of esters is 1. The highest BCUT2D eigenvalue weighted by atomic mass is 32.1. The second kappa shape index (κ2) is 7.99. The van der Waals surface area contributed by atoms with Crippen molar-refractivity contribution in [3.8, 4) is 10.6 Å². The van der Waals surface area contributed by atoms with Crippen molar-refractivity contribution in [3.63, 3.8) is 0 Å². The lowest BCUT2D eigenvalue weighted by atomic mass is 10.0. The number of benzene rings is 1. The Kier molecular flexibility index (Phi) is 5.71. The van der Waals surface area contributed by atoms with Gasteiger partial charge in [-0.3, -0.25) is 9.59 Å². The van der Waals surface area contributed by atoms with Crippen LogP contribution in [-0.4, -0.2) is 29.0 Å². The molecule has 0 bridgehead atoms. The van der Waals surface area contributed by atoms with Gasteiger partial charge < -0.3 is 10.1 Å². The first-order chi connectivity index (χ1) is 12.4. The third-order valence-corrected chi connectivity index (χ3v) is 5.24. The van der Waals surface area contributed by atoms with Gasteiger partial charge in [-0.2, -0.15) is 0 Å². The van der Waals surface area contributed by atoms with Gasteiger partial charge in [0, 0.05) is 17.0 Å². The quantitative estimate of drug-likeness (QED) is 0.753. The number of thiazole rings is 1. The summed E-state index contributed by atoms with van der Waals surface area (Å²) in [6.07, 6.45) is 1.31. The van der Waals surface area contributed by atoms with Crippen LogP contribution in [0.3, 0.4) is 0 Å². The van der Waals surface area contributed by atoms with E-state index in [4.69, 9.17) is 4.74 Å². The Morgan fingerprint density at radius 2 is 1.92 bits per heavy atom. The van der Waals surface area contributed by atoms with Crippen molar-refractivity contribution in [2.75, 3.05) is 0 Å². The van der Waals surface area contributed by atoms with E-state index in [2.05, 4.69) is 48.4 Å². The Balaban J connectivity index is 1.55. The number of hydrogen-bond acceptors (Lipinski definition) is 5. The van der Waals surface area contributed by atoms with Crippen molar-refractivity contribution in [3.05, 3.63) is 40.9 Å². The molecule has 0 aliphatic heterocycles. The molecule has 0 saturated heterocycles. The molecule has 1 aliphatic rings. The van der Waals surface area contributed by atoms with Crippen molar-refractivity contribution < 1.29 is 14.3 Å². The third kappa shape index (κ3) is 4.91. The zero-order valence-electron chi connectivity index (χ0n) is 15.3. The molecule has 1 aromatic carbocycles. The van der Waals surface area contributed by atoms with E-state index in [9.17, 15) is 9.59 Å². The summed E-state index contributed by atoms with van der Waals surface area (Å²) in [6, 6.07) is 8.58. The minimum atomic E-state index is -0.773. The molecule has 1 amide bonds. The molecule has 0 unspecified atom stereocenters. The molecule has 1 atom stereocenters. The largest absolute Gasteiger partial charge is 0.452 e. The fraction of sp³-hybridized carbons (Fsp3) is 0.450. The fourth-order valence-electron chi connectivity index (χ4n) is 2.52. The molecule has 26 heavy (non-hydrogen) atoms. The minimum Gasteiger partial charge on any atom is -0.452 e. The molecule has 3 rings (SSSR count). The van der Waals surface area contributed by atoms with Crippen molar-refractivity contribution in [1.29, 1.82) is 0 Å². The van der Waals surface area contributed by atoms with Crippen molar-refractivity contribution in [2.24, 2.45) is 0 Å². The molecule has 1 fully saturated rings. The molecule has 138 valence electrons. The summed E-state index contributed by atoms with van der Waals surface area (Å²) in [5.41, 5.74) is 2.99. The van der Waals surface area contributed by atoms with E-state index in [0.717, 1.165) is 23.4 Å². The molecule has 0 radical (unpaired) electrons. The smallest absolute Gasteiger partial charge is 0.312 e. The van der Waals surface area contributed by atoms with Crippen molar-refractivity contribution in [2.45, 2.75) is 58.1 Å². The van der Waals surface area contributed by atoms with Crippen LogP contribution in [0.5, 0.6) is 0 Å². The standard InChI is InChI=1S/C20H24N2O3S/c1-12(2)14-4-6-15(7-5-14)20-22-17(11-26-20)10-18(23)25-13(3)19(24)21-16-8-9-16/h4-7,11-13,16H,8-10H2,1-3H3,(H,21,24)/t13-/m1/s1. The SMILES string of the molecule is CC(C)c1ccc(-c2nc(CC(=O)O[C@H](C)C(=O)NC3CC3)cs2)cc1. The second-order valence-electron chi connectivity index (χ2n) is 7.01. The molecular weight excluding hydrogens is 348 g/mol. The summed E-state index contributed by atoms with van der Waals surface area (Å²) in [4.78, 5) is 28.4. The van der Waals surface area contributed by atoms with Gasteiger partial charge in [-0.25, -0.2) is 4.98 Å². The Morgan fingerprint density at radius 1 is 1.23 bits per heavy atom. The van der Waals surface area contributed by atoms with Crippen LogP contribution in [0.4, 0.5) is 0 Å². The van der Waals surface area contributed by atoms with Crippen LogP contribution in [0.1, 0.15) is 50.8 Å². The average Bonchev–Trinajstić information content (AvgIpc) is 3.30. The number of amides is 1. The monoisotopic (exact) mass is 372 g/mol. The molecule has 1 heterocycles. The Bertz CT molecular complexity index is 779. The zero-order valence-corrected chi connectivity index (χ0v) is 16.1. The number of hydrogen-bond donors (Lipinski definition) is 1. The maximum Gasteiger partial charge on any atom is 0.312 e. The van der Waals surface area contributed by atoms with Crippen molar-refractivity contribution >= 4 is 23.2 Å². The summed E-state index contributed by atoms with van der Waals surface area (Å²) in [6.45, 7) is 5.92. The normalized spacial score (nSPS) is 14.9. The van der Waals surface area contributed by atoms with Gasteiger partial charge in [0.25, 0.3) is 5.91 Å². The van der Waals surface area contributed by atoms with Gasteiger partial charge in [0.1, 0.15) is 5.01 Å². The zero-order chi connectivity index (χ0) is 18.7. The molecule has 1 N–H and O–H groups in total. The van der Waals surface area contributed by atoms with Gasteiger partial charge in [0.2, 0.25) is 0 Å². The number of carbonyl (C=O) groups is 2. The predicted octanol–water partition coefficient (Wildman–Crippen LogP) is 3.69. The van der Waals surface area contributed by atoms with E-state index in [-0.39, 0.29) is 18.4 Å². The van der Waals surface area contributed by atoms with Crippen LogP contribution >= 0.6 is 11.3 Å². The Labute approximate surface area is 157 Å². The number of rotatable bonds is 7. The fourth-order valence-corrected chi connectivity index (χ4v) is 3.34. The van der Waals surface area contributed by atoms with E-state index in [1.807, 2.05) is 5.38 Å². The van der Waals surface area contributed by atoms with Gasteiger partial charge in [0.05, 0.1) is 12.1 Å². The molecule has 1 aromatic heterocycles. The number of nitrogens with one attached hydrogen (secondary N) is 1. The second-order valence-corrected chi connectivity index (χ2v) is 7.87. The Morgan fingerprint density at radius 3 is 2.54 bits per heavy atom. The van der Waals surface area contributed by atoms with Gasteiger partial charge >= 0.3 is 5.97 Å². The van der Waals surface area contributed by atoms with Crippen molar-refractivity contribution in [1.82, 2.24) is 10.3 Å². The molecule has 0 spiro atoms. The van der Waals surface area contributed by atoms with Crippen LogP contribution in [-0.2, 0) is 20.7 Å². The van der Waals surface area contributed by atoms with Crippen LogP contribution < -0.4 is 5.32 Å². The molecule has 5 nitrogen and oxygen atoms in total. The summed E-state index contributed by atoms with van der Waals surface area (Å²) in [5.74, 6) is -0.176. The van der Waals surface area contributed by atoms with E-state index in [1.165, 1.54) is 16.9 Å². The first kappa shape index (κ1) is 18.6. The lowest BCUT2D eigenvalue weighted by Crippen LogP contribution is -2.37. The van der Waals surface area contributed by atoms with Crippen LogP contribution in [0, 0.1) is 0 Å². The summed E-state index contributed by atoms with van der Waals surface area (Å²) >= 11 is 1.50. The van der Waals surface area contributed by atoms with Gasteiger partial charge in [0.15, 0.2) is 6.10 Å². The van der Waals surface area contributed by atoms with E-state index in [1.54, 1.807) is 6.92 Å². The van der Waals surface area contributed by atoms with Gasteiger partial charge in [-0.15, -0.1) is 11.3 Å². The third-order valence-electron chi connectivity index (χ3n) is 4.30. The first-order valence-electron chi connectivity index (χ1n) is 8.97. The lowest BCUT2D eigenvalue weighted by molar-refractivity contribution is -0.154. The summed E-state index contributed by atoms with van der Waals surface area (Å²) in [5, 5.41) is 5.57. The topological polar surface area (TPSA) is 68.3 Å². The maximum absolute atomic E-state index is 12.1. The first-order valence-corrected chi connectivity index (χ1v) is 9.85. The maximum atomic E-state index is 12.1. The highest BCUT2D eigenvalue weighted by Crippen LogP contribution is 2.26. The van der Waals surface area contributed by atoms with E-state index in [0.29, 0.717) is 11.6 Å². The van der Waals surface area contributed by atoms with Crippen LogP contribution in [0.25, 0.3) is 10.6 Å². The molecule has 6 heteroatoms. The average molecular weight is 372 g/mol. The van der Waals surface area contributed by atoms with Crippen LogP contribution in [0.15, 0.2) is 29.6 Å². The van der Waals surface area contributed by atoms with E-state index >= 15 is 0 Å². The molecule has 1 saturated carbocycles. The highest BCUT2D eigenvalue weighted by Gasteiger charge is 2.27. The molecular formula is C20H24N2O3S. The number of carbonyl (C=O) groups excluding carboxylic acids is 2. The summed E-state index contributed by atoms with van der Waals surface area (Å²) in [7, 11) is 0. The predicted molar refractivity (Wildman–Crippen MR) is 102 cm³/mol. The highest BCUT2D eigenvalue weighted by molar-refractivity contribution is 7.13. The number of aromatic nitrogens is 1. The van der Waals surface area contributed by atoms with Gasteiger partial charge in [-0.1, -0.05) is 38.1 Å². The Hall–Kier alpha value is -2.21. The number of nitrogens with zero attached hydrogens (tertiary/aromatic N) is 1. The van der Waals surface area contributed by atoms with Gasteiger partial charge in [-0.05, 0) is 31.2 Å².